The van der Waals surface area contributed by atoms with Gasteiger partial charge in [-0.2, -0.15) is 0 Å². The standard InChI is InChI=1S/C17H23N3O2/c1-4-20(12-17(21)18-13(2)3)11-15-10-16(19-22-15)14-8-6-5-7-9-14/h5-10,13H,4,11-12H2,1-3H3,(H,18,21). The van der Waals surface area contributed by atoms with Gasteiger partial charge in [0.05, 0.1) is 13.1 Å². The maximum atomic E-state index is 11.8. The molecule has 22 heavy (non-hydrogen) atoms. The van der Waals surface area contributed by atoms with Crippen molar-refractivity contribution in [2.45, 2.75) is 33.4 Å². The number of likely N-dealkylation sites (N-methyl/N-ethyl adjacent to an activating group) is 1. The molecule has 1 N–H and O–H groups in total. The minimum atomic E-state index is 0.0275. The van der Waals surface area contributed by atoms with Crippen LogP contribution in [0.4, 0.5) is 0 Å². The van der Waals surface area contributed by atoms with Gasteiger partial charge in [0.2, 0.25) is 5.91 Å². The van der Waals surface area contributed by atoms with E-state index in [1.165, 1.54) is 0 Å². The van der Waals surface area contributed by atoms with Gasteiger partial charge in [0.1, 0.15) is 5.69 Å². The molecule has 2 rings (SSSR count). The first-order valence-corrected chi connectivity index (χ1v) is 7.61. The summed E-state index contributed by atoms with van der Waals surface area (Å²) in [6, 6.07) is 12.0. The van der Waals surface area contributed by atoms with Crippen LogP contribution in [0.1, 0.15) is 26.5 Å². The molecule has 0 fully saturated rings. The van der Waals surface area contributed by atoms with Crippen LogP contribution >= 0.6 is 0 Å². The Bertz CT molecular complexity index is 593. The Labute approximate surface area is 131 Å². The van der Waals surface area contributed by atoms with E-state index in [0.717, 1.165) is 23.6 Å². The smallest absolute Gasteiger partial charge is 0.234 e. The van der Waals surface area contributed by atoms with Gasteiger partial charge in [-0.15, -0.1) is 0 Å². The number of aromatic nitrogens is 1. The molecule has 0 unspecified atom stereocenters. The van der Waals surface area contributed by atoms with Gasteiger partial charge in [-0.1, -0.05) is 42.4 Å². The van der Waals surface area contributed by atoms with Crippen LogP contribution in [0.3, 0.4) is 0 Å². The molecule has 0 aliphatic rings. The van der Waals surface area contributed by atoms with E-state index in [4.69, 9.17) is 4.52 Å². The summed E-state index contributed by atoms with van der Waals surface area (Å²) in [5, 5.41) is 7.00. The van der Waals surface area contributed by atoms with Crippen molar-refractivity contribution in [2.75, 3.05) is 13.1 Å². The van der Waals surface area contributed by atoms with Crippen molar-refractivity contribution in [1.29, 1.82) is 0 Å². The monoisotopic (exact) mass is 301 g/mol. The normalized spacial score (nSPS) is 11.1. The lowest BCUT2D eigenvalue weighted by atomic mass is 10.1. The lowest BCUT2D eigenvalue weighted by molar-refractivity contribution is -0.122. The molecule has 1 amide bonds. The van der Waals surface area contributed by atoms with Crippen molar-refractivity contribution in [1.82, 2.24) is 15.4 Å². The van der Waals surface area contributed by atoms with E-state index >= 15 is 0 Å². The number of nitrogens with one attached hydrogen (secondary N) is 1. The summed E-state index contributed by atoms with van der Waals surface area (Å²) in [6.45, 7) is 7.63. The zero-order chi connectivity index (χ0) is 15.9. The molecular formula is C17H23N3O2. The number of hydrogen-bond donors (Lipinski definition) is 1. The van der Waals surface area contributed by atoms with Crippen molar-refractivity contribution < 1.29 is 9.32 Å². The highest BCUT2D eigenvalue weighted by molar-refractivity contribution is 5.78. The summed E-state index contributed by atoms with van der Waals surface area (Å²) in [5.41, 5.74) is 1.84. The molecule has 1 aromatic heterocycles. The van der Waals surface area contributed by atoms with Crippen LogP contribution in [0.25, 0.3) is 11.3 Å². The zero-order valence-corrected chi connectivity index (χ0v) is 13.4. The molecule has 1 aromatic carbocycles. The highest BCUT2D eigenvalue weighted by Crippen LogP contribution is 2.19. The molecule has 0 atom stereocenters. The first kappa shape index (κ1) is 16.2. The molecule has 0 radical (unpaired) electrons. The largest absolute Gasteiger partial charge is 0.359 e. The maximum Gasteiger partial charge on any atom is 0.234 e. The van der Waals surface area contributed by atoms with E-state index in [-0.39, 0.29) is 11.9 Å². The van der Waals surface area contributed by atoms with E-state index in [1.807, 2.05) is 62.1 Å². The van der Waals surface area contributed by atoms with E-state index in [2.05, 4.69) is 10.5 Å². The Morgan fingerprint density at radius 2 is 2.05 bits per heavy atom. The summed E-state index contributed by atoms with van der Waals surface area (Å²) in [7, 11) is 0. The molecule has 0 aliphatic carbocycles. The topological polar surface area (TPSA) is 58.4 Å². The summed E-state index contributed by atoms with van der Waals surface area (Å²) < 4.78 is 5.39. The molecule has 0 aliphatic heterocycles. The van der Waals surface area contributed by atoms with Crippen LogP contribution in [0.2, 0.25) is 0 Å². The molecule has 1 heterocycles. The van der Waals surface area contributed by atoms with Crippen LogP contribution in [0.15, 0.2) is 40.9 Å². The molecule has 5 heteroatoms. The van der Waals surface area contributed by atoms with Gasteiger partial charge in [-0.25, -0.2) is 0 Å². The predicted molar refractivity (Wildman–Crippen MR) is 86.2 cm³/mol. The summed E-state index contributed by atoms with van der Waals surface area (Å²) in [4.78, 5) is 13.9. The zero-order valence-electron chi connectivity index (χ0n) is 13.4. The van der Waals surface area contributed by atoms with Crippen LogP contribution in [-0.2, 0) is 11.3 Å². The number of nitrogens with zero attached hydrogens (tertiary/aromatic N) is 2. The van der Waals surface area contributed by atoms with Gasteiger partial charge in [0.25, 0.3) is 0 Å². The van der Waals surface area contributed by atoms with Crippen molar-refractivity contribution in [3.8, 4) is 11.3 Å². The molecule has 2 aromatic rings. The third kappa shape index (κ3) is 4.70. The summed E-state index contributed by atoms with van der Waals surface area (Å²) in [6.07, 6.45) is 0. The minimum absolute atomic E-state index is 0.0275. The average molecular weight is 301 g/mol. The number of amides is 1. The van der Waals surface area contributed by atoms with Crippen LogP contribution in [0, 0.1) is 0 Å². The lowest BCUT2D eigenvalue weighted by Gasteiger charge is -2.19. The fraction of sp³-hybridized carbons (Fsp3) is 0.412. The first-order valence-electron chi connectivity index (χ1n) is 7.61. The van der Waals surface area contributed by atoms with Crippen molar-refractivity contribution in [3.05, 3.63) is 42.2 Å². The van der Waals surface area contributed by atoms with Crippen LogP contribution < -0.4 is 5.32 Å². The van der Waals surface area contributed by atoms with Gasteiger partial charge in [-0.3, -0.25) is 9.69 Å². The quantitative estimate of drug-likeness (QED) is 0.854. The maximum absolute atomic E-state index is 11.8. The van der Waals surface area contributed by atoms with Gasteiger partial charge >= 0.3 is 0 Å². The molecule has 118 valence electrons. The average Bonchev–Trinajstić information content (AvgIpc) is 2.95. The van der Waals surface area contributed by atoms with Gasteiger partial charge in [0, 0.05) is 17.7 Å². The lowest BCUT2D eigenvalue weighted by Crippen LogP contribution is -2.39. The SMILES string of the molecule is CCN(CC(=O)NC(C)C)Cc1cc(-c2ccccc2)no1. The van der Waals surface area contributed by atoms with E-state index in [9.17, 15) is 4.79 Å². The second kappa shape index (κ2) is 7.75. The number of hydrogen-bond acceptors (Lipinski definition) is 4. The van der Waals surface area contributed by atoms with Gasteiger partial charge < -0.3 is 9.84 Å². The fourth-order valence-corrected chi connectivity index (χ4v) is 2.20. The first-order chi connectivity index (χ1) is 10.6. The highest BCUT2D eigenvalue weighted by atomic mass is 16.5. The third-order valence-electron chi connectivity index (χ3n) is 3.27. The van der Waals surface area contributed by atoms with Gasteiger partial charge in [-0.05, 0) is 20.4 Å². The molecule has 0 saturated heterocycles. The molecule has 5 nitrogen and oxygen atoms in total. The van der Waals surface area contributed by atoms with E-state index < -0.39 is 0 Å². The number of benzene rings is 1. The van der Waals surface area contributed by atoms with Crippen LogP contribution in [-0.4, -0.2) is 35.1 Å². The fourth-order valence-electron chi connectivity index (χ4n) is 2.20. The molecular weight excluding hydrogens is 278 g/mol. The molecule has 0 spiro atoms. The van der Waals surface area contributed by atoms with Crippen LogP contribution in [0.5, 0.6) is 0 Å². The van der Waals surface area contributed by atoms with Crippen molar-refractivity contribution in [2.24, 2.45) is 0 Å². The van der Waals surface area contributed by atoms with Crippen molar-refractivity contribution >= 4 is 5.91 Å². The molecule has 0 bridgehead atoms. The Kier molecular flexibility index (Phi) is 5.72. The number of carbonyl (C=O) groups is 1. The summed E-state index contributed by atoms with van der Waals surface area (Å²) in [5.74, 6) is 0.790. The Morgan fingerprint density at radius 1 is 1.32 bits per heavy atom. The Balaban J connectivity index is 1.97. The number of carbonyl (C=O) groups excluding carboxylic acids is 1. The van der Waals surface area contributed by atoms with Crippen molar-refractivity contribution in [3.63, 3.8) is 0 Å². The second-order valence-electron chi connectivity index (χ2n) is 5.57. The highest BCUT2D eigenvalue weighted by Gasteiger charge is 2.13. The number of rotatable bonds is 7. The van der Waals surface area contributed by atoms with Gasteiger partial charge in [0.15, 0.2) is 5.76 Å². The third-order valence-corrected chi connectivity index (χ3v) is 3.27. The summed E-state index contributed by atoms with van der Waals surface area (Å²) >= 11 is 0. The van der Waals surface area contributed by atoms with E-state index in [1.54, 1.807) is 0 Å². The predicted octanol–water partition coefficient (Wildman–Crippen LogP) is 2.69. The Morgan fingerprint density at radius 3 is 2.68 bits per heavy atom. The second-order valence-corrected chi connectivity index (χ2v) is 5.57. The van der Waals surface area contributed by atoms with E-state index in [0.29, 0.717) is 13.1 Å². The minimum Gasteiger partial charge on any atom is -0.359 e. The molecule has 0 saturated carbocycles. The Hall–Kier alpha value is -2.14.